The lowest BCUT2D eigenvalue weighted by molar-refractivity contribution is -0.114. The first kappa shape index (κ1) is 13.1. The second-order valence-corrected chi connectivity index (χ2v) is 4.38. The third-order valence-electron chi connectivity index (χ3n) is 2.84. The molecule has 1 aromatic heterocycles. The molecule has 0 aliphatic heterocycles. The highest BCUT2D eigenvalue weighted by molar-refractivity contribution is 5.95. The largest absolute Gasteiger partial charge is 0.361 e. The van der Waals surface area contributed by atoms with Gasteiger partial charge in [0.2, 0.25) is 5.91 Å². The molecule has 1 amide bonds. The lowest BCUT2D eigenvalue weighted by atomic mass is 10.1. The van der Waals surface area contributed by atoms with Crippen LogP contribution in [-0.2, 0) is 4.79 Å². The molecule has 0 aliphatic rings. The van der Waals surface area contributed by atoms with E-state index in [2.05, 4.69) is 15.6 Å². The Bertz CT molecular complexity index is 547. The molecule has 2 rings (SSSR count). The second-order valence-electron chi connectivity index (χ2n) is 4.38. The van der Waals surface area contributed by atoms with Gasteiger partial charge in [-0.2, -0.15) is 0 Å². The molecule has 0 saturated heterocycles. The van der Waals surface area contributed by atoms with Crippen LogP contribution in [0.15, 0.2) is 42.6 Å². The van der Waals surface area contributed by atoms with Gasteiger partial charge in [-0.25, -0.2) is 4.98 Å². The smallest absolute Gasteiger partial charge is 0.243 e. The molecule has 4 nitrogen and oxygen atoms in total. The van der Waals surface area contributed by atoms with Crippen LogP contribution in [0.1, 0.15) is 11.1 Å². The van der Waals surface area contributed by atoms with Gasteiger partial charge in [-0.3, -0.25) is 4.79 Å². The van der Waals surface area contributed by atoms with E-state index in [1.54, 1.807) is 6.20 Å². The standard InChI is InChI=1S/C15H17N3O/c1-11-6-5-7-12(2)15(11)18-14(19)10-17-13-8-3-4-9-16-13/h3-9H,10H2,1-2H3,(H,16,17)(H,18,19). The van der Waals surface area contributed by atoms with E-state index >= 15 is 0 Å². The molecule has 1 aromatic carbocycles. The average Bonchev–Trinajstić information content (AvgIpc) is 2.42. The van der Waals surface area contributed by atoms with E-state index in [4.69, 9.17) is 0 Å². The van der Waals surface area contributed by atoms with Crippen molar-refractivity contribution in [2.75, 3.05) is 17.2 Å². The number of hydrogen-bond donors (Lipinski definition) is 2. The second kappa shape index (κ2) is 6.00. The Balaban J connectivity index is 1.95. The maximum absolute atomic E-state index is 11.9. The molecular formula is C15H17N3O. The first-order chi connectivity index (χ1) is 9.16. The predicted octanol–water partition coefficient (Wildman–Crippen LogP) is 2.75. The van der Waals surface area contributed by atoms with Crippen molar-refractivity contribution in [3.05, 3.63) is 53.7 Å². The number of carbonyl (C=O) groups is 1. The number of aromatic nitrogens is 1. The number of aryl methyl sites for hydroxylation is 2. The van der Waals surface area contributed by atoms with Crippen LogP contribution >= 0.6 is 0 Å². The van der Waals surface area contributed by atoms with Gasteiger partial charge in [0.1, 0.15) is 5.82 Å². The fourth-order valence-electron chi connectivity index (χ4n) is 1.83. The number of benzene rings is 1. The summed E-state index contributed by atoms with van der Waals surface area (Å²) in [6.07, 6.45) is 1.69. The first-order valence-corrected chi connectivity index (χ1v) is 6.18. The van der Waals surface area contributed by atoms with Crippen molar-refractivity contribution < 1.29 is 4.79 Å². The van der Waals surface area contributed by atoms with Gasteiger partial charge in [-0.15, -0.1) is 0 Å². The Morgan fingerprint density at radius 1 is 1.11 bits per heavy atom. The van der Waals surface area contributed by atoms with Crippen molar-refractivity contribution in [3.63, 3.8) is 0 Å². The van der Waals surface area contributed by atoms with Crippen molar-refractivity contribution in [2.45, 2.75) is 13.8 Å². The SMILES string of the molecule is Cc1cccc(C)c1NC(=O)CNc1ccccn1. The minimum absolute atomic E-state index is 0.0805. The van der Waals surface area contributed by atoms with Gasteiger partial charge in [-0.1, -0.05) is 24.3 Å². The fraction of sp³-hybridized carbons (Fsp3) is 0.200. The van der Waals surface area contributed by atoms with Gasteiger partial charge >= 0.3 is 0 Å². The molecule has 0 aliphatic carbocycles. The van der Waals surface area contributed by atoms with Crippen molar-refractivity contribution in [3.8, 4) is 0 Å². The Hall–Kier alpha value is -2.36. The number of nitrogens with one attached hydrogen (secondary N) is 2. The van der Waals surface area contributed by atoms with E-state index in [0.29, 0.717) is 5.82 Å². The summed E-state index contributed by atoms with van der Waals surface area (Å²) in [6.45, 7) is 4.16. The van der Waals surface area contributed by atoms with Crippen LogP contribution in [-0.4, -0.2) is 17.4 Å². The molecule has 2 aromatic rings. The van der Waals surface area contributed by atoms with Gasteiger partial charge in [0, 0.05) is 11.9 Å². The molecule has 0 fully saturated rings. The number of amides is 1. The van der Waals surface area contributed by atoms with E-state index in [-0.39, 0.29) is 12.5 Å². The summed E-state index contributed by atoms with van der Waals surface area (Å²) in [5.41, 5.74) is 3.01. The summed E-state index contributed by atoms with van der Waals surface area (Å²) in [5.74, 6) is 0.613. The molecule has 98 valence electrons. The average molecular weight is 255 g/mol. The summed E-state index contributed by atoms with van der Waals surface area (Å²) in [7, 11) is 0. The zero-order valence-corrected chi connectivity index (χ0v) is 11.1. The maximum Gasteiger partial charge on any atom is 0.243 e. The van der Waals surface area contributed by atoms with E-state index in [1.807, 2.05) is 50.2 Å². The van der Waals surface area contributed by atoms with Gasteiger partial charge in [0.25, 0.3) is 0 Å². The Morgan fingerprint density at radius 2 is 1.84 bits per heavy atom. The summed E-state index contributed by atoms with van der Waals surface area (Å²) >= 11 is 0. The minimum atomic E-state index is -0.0805. The van der Waals surface area contributed by atoms with Gasteiger partial charge in [0.15, 0.2) is 0 Å². The van der Waals surface area contributed by atoms with Crippen molar-refractivity contribution in [1.29, 1.82) is 0 Å². The molecule has 0 atom stereocenters. The number of hydrogen-bond acceptors (Lipinski definition) is 3. The summed E-state index contributed by atoms with van der Waals surface area (Å²) in [4.78, 5) is 16.0. The van der Waals surface area contributed by atoms with Crippen LogP contribution in [0.5, 0.6) is 0 Å². The molecule has 1 heterocycles. The van der Waals surface area contributed by atoms with Crippen molar-refractivity contribution in [2.24, 2.45) is 0 Å². The number of rotatable bonds is 4. The minimum Gasteiger partial charge on any atom is -0.361 e. The molecule has 0 radical (unpaired) electrons. The van der Waals surface area contributed by atoms with Gasteiger partial charge in [0.05, 0.1) is 6.54 Å². The first-order valence-electron chi connectivity index (χ1n) is 6.18. The maximum atomic E-state index is 11.9. The molecular weight excluding hydrogens is 238 g/mol. The van der Waals surface area contributed by atoms with Gasteiger partial charge in [-0.05, 0) is 37.1 Å². The Morgan fingerprint density at radius 3 is 2.47 bits per heavy atom. The quantitative estimate of drug-likeness (QED) is 0.883. The predicted molar refractivity (Wildman–Crippen MR) is 77.3 cm³/mol. The monoisotopic (exact) mass is 255 g/mol. The van der Waals surface area contributed by atoms with E-state index in [0.717, 1.165) is 16.8 Å². The third-order valence-corrected chi connectivity index (χ3v) is 2.84. The number of nitrogens with zero attached hydrogens (tertiary/aromatic N) is 1. The van der Waals surface area contributed by atoms with E-state index in [1.165, 1.54) is 0 Å². The number of para-hydroxylation sites is 1. The Kier molecular flexibility index (Phi) is 4.13. The molecule has 4 heteroatoms. The van der Waals surface area contributed by atoms with Crippen LogP contribution in [0, 0.1) is 13.8 Å². The molecule has 19 heavy (non-hydrogen) atoms. The lowest BCUT2D eigenvalue weighted by Crippen LogP contribution is -2.23. The van der Waals surface area contributed by atoms with Crippen LogP contribution in [0.3, 0.4) is 0 Å². The van der Waals surface area contributed by atoms with Crippen molar-refractivity contribution >= 4 is 17.4 Å². The van der Waals surface area contributed by atoms with Crippen LogP contribution in [0.25, 0.3) is 0 Å². The highest BCUT2D eigenvalue weighted by Gasteiger charge is 2.06. The summed E-state index contributed by atoms with van der Waals surface area (Å²) in [6, 6.07) is 11.5. The highest BCUT2D eigenvalue weighted by Crippen LogP contribution is 2.19. The molecule has 0 spiro atoms. The van der Waals surface area contributed by atoms with Crippen LogP contribution in [0.2, 0.25) is 0 Å². The Labute approximate surface area is 112 Å². The van der Waals surface area contributed by atoms with E-state index in [9.17, 15) is 4.79 Å². The number of anilines is 2. The number of carbonyl (C=O) groups excluding carboxylic acids is 1. The third kappa shape index (κ3) is 3.55. The molecule has 0 bridgehead atoms. The zero-order chi connectivity index (χ0) is 13.7. The van der Waals surface area contributed by atoms with E-state index < -0.39 is 0 Å². The summed E-state index contributed by atoms with van der Waals surface area (Å²) < 4.78 is 0. The number of pyridine rings is 1. The lowest BCUT2D eigenvalue weighted by Gasteiger charge is -2.12. The van der Waals surface area contributed by atoms with Crippen LogP contribution in [0.4, 0.5) is 11.5 Å². The molecule has 2 N–H and O–H groups in total. The fourth-order valence-corrected chi connectivity index (χ4v) is 1.83. The zero-order valence-electron chi connectivity index (χ0n) is 11.1. The molecule has 0 unspecified atom stereocenters. The molecule has 0 saturated carbocycles. The highest BCUT2D eigenvalue weighted by atomic mass is 16.1. The summed E-state index contributed by atoms with van der Waals surface area (Å²) in [5, 5.41) is 5.90. The normalized spacial score (nSPS) is 10.0. The topological polar surface area (TPSA) is 54.0 Å². The van der Waals surface area contributed by atoms with Gasteiger partial charge < -0.3 is 10.6 Å². The van der Waals surface area contributed by atoms with Crippen LogP contribution < -0.4 is 10.6 Å². The van der Waals surface area contributed by atoms with Crippen molar-refractivity contribution in [1.82, 2.24) is 4.98 Å².